The van der Waals surface area contributed by atoms with Crippen LogP contribution >= 0.6 is 0 Å². The standard InChI is InChI=1S/C24H32N4O7/c1-14(2)22(27-19(30)11-12-28-20(31)9-10-21(28)32)24(34)25-15(3)23(33)26-18-7-5-17(6-8-18)13-35-16(4)29/h5-8,14-15,22H,9-13H2,1-4H3,(H,25,34)(H,26,33)(H,27,30). The second-order valence-electron chi connectivity index (χ2n) is 8.68. The van der Waals surface area contributed by atoms with Crippen molar-refractivity contribution in [2.24, 2.45) is 5.92 Å². The fourth-order valence-electron chi connectivity index (χ4n) is 3.35. The van der Waals surface area contributed by atoms with Crippen LogP contribution in [0.1, 0.15) is 52.5 Å². The molecule has 190 valence electrons. The highest BCUT2D eigenvalue weighted by Crippen LogP contribution is 2.13. The highest BCUT2D eigenvalue weighted by atomic mass is 16.5. The number of carbonyl (C=O) groups is 6. The molecular formula is C24H32N4O7. The zero-order chi connectivity index (χ0) is 26.1. The molecule has 0 radical (unpaired) electrons. The number of imide groups is 1. The van der Waals surface area contributed by atoms with Crippen LogP contribution in [0, 0.1) is 5.92 Å². The van der Waals surface area contributed by atoms with E-state index in [1.807, 2.05) is 0 Å². The monoisotopic (exact) mass is 488 g/mol. The highest BCUT2D eigenvalue weighted by molar-refractivity contribution is 6.02. The molecule has 2 rings (SSSR count). The fourth-order valence-corrected chi connectivity index (χ4v) is 3.35. The van der Waals surface area contributed by atoms with E-state index in [4.69, 9.17) is 4.74 Å². The Morgan fingerprint density at radius 3 is 2.09 bits per heavy atom. The van der Waals surface area contributed by atoms with Gasteiger partial charge < -0.3 is 20.7 Å². The topological polar surface area (TPSA) is 151 Å². The van der Waals surface area contributed by atoms with Gasteiger partial charge in [-0.25, -0.2) is 0 Å². The maximum absolute atomic E-state index is 12.8. The summed E-state index contributed by atoms with van der Waals surface area (Å²) in [5.41, 5.74) is 1.26. The normalized spacial score (nSPS) is 14.9. The number of amides is 5. The van der Waals surface area contributed by atoms with E-state index in [0.29, 0.717) is 5.69 Å². The molecule has 0 bridgehead atoms. The van der Waals surface area contributed by atoms with Crippen molar-refractivity contribution in [3.8, 4) is 0 Å². The van der Waals surface area contributed by atoms with Crippen molar-refractivity contribution in [2.75, 3.05) is 11.9 Å². The summed E-state index contributed by atoms with van der Waals surface area (Å²) >= 11 is 0. The van der Waals surface area contributed by atoms with Gasteiger partial charge in [-0.3, -0.25) is 33.7 Å². The molecule has 1 aromatic carbocycles. The summed E-state index contributed by atoms with van der Waals surface area (Å²) in [5, 5.41) is 7.91. The van der Waals surface area contributed by atoms with Crippen molar-refractivity contribution in [3.63, 3.8) is 0 Å². The molecule has 0 saturated carbocycles. The molecule has 1 fully saturated rings. The van der Waals surface area contributed by atoms with Crippen molar-refractivity contribution in [2.45, 2.75) is 65.6 Å². The van der Waals surface area contributed by atoms with Crippen molar-refractivity contribution in [1.29, 1.82) is 0 Å². The molecule has 11 nitrogen and oxygen atoms in total. The fraction of sp³-hybridized carbons (Fsp3) is 0.500. The summed E-state index contributed by atoms with van der Waals surface area (Å²) in [5.74, 6) is -2.72. The molecule has 1 heterocycles. The van der Waals surface area contributed by atoms with Gasteiger partial charge in [-0.15, -0.1) is 0 Å². The Labute approximate surface area is 203 Å². The zero-order valence-electron chi connectivity index (χ0n) is 20.4. The Hall–Kier alpha value is -3.76. The number of hydrogen-bond donors (Lipinski definition) is 3. The lowest BCUT2D eigenvalue weighted by molar-refractivity contribution is -0.142. The number of nitrogens with zero attached hydrogens (tertiary/aromatic N) is 1. The van der Waals surface area contributed by atoms with Crippen molar-refractivity contribution >= 4 is 41.2 Å². The largest absolute Gasteiger partial charge is 0.461 e. The molecule has 35 heavy (non-hydrogen) atoms. The van der Waals surface area contributed by atoms with Gasteiger partial charge in [0.1, 0.15) is 18.7 Å². The number of likely N-dealkylation sites (tertiary alicyclic amines) is 1. The van der Waals surface area contributed by atoms with Crippen LogP contribution < -0.4 is 16.0 Å². The second kappa shape index (κ2) is 12.6. The maximum Gasteiger partial charge on any atom is 0.302 e. The summed E-state index contributed by atoms with van der Waals surface area (Å²) in [6, 6.07) is 4.92. The average Bonchev–Trinajstić information content (AvgIpc) is 3.12. The van der Waals surface area contributed by atoms with E-state index < -0.39 is 29.8 Å². The first-order valence-electron chi connectivity index (χ1n) is 11.4. The molecule has 1 saturated heterocycles. The SMILES string of the molecule is CC(=O)OCc1ccc(NC(=O)C(C)NC(=O)C(NC(=O)CCN2C(=O)CCC2=O)C(C)C)cc1. The molecule has 1 aromatic rings. The Bertz CT molecular complexity index is 959. The van der Waals surface area contributed by atoms with Crippen molar-refractivity contribution in [3.05, 3.63) is 29.8 Å². The number of carbonyl (C=O) groups excluding carboxylic acids is 6. The van der Waals surface area contributed by atoms with Crippen LogP contribution in [0.25, 0.3) is 0 Å². The van der Waals surface area contributed by atoms with E-state index in [-0.39, 0.29) is 56.1 Å². The van der Waals surface area contributed by atoms with Gasteiger partial charge in [0.2, 0.25) is 29.5 Å². The summed E-state index contributed by atoms with van der Waals surface area (Å²) < 4.78 is 4.91. The first kappa shape index (κ1) is 27.5. The van der Waals surface area contributed by atoms with Crippen molar-refractivity contribution < 1.29 is 33.5 Å². The van der Waals surface area contributed by atoms with Crippen LogP contribution in [-0.2, 0) is 40.1 Å². The van der Waals surface area contributed by atoms with Crippen LogP contribution in [0.5, 0.6) is 0 Å². The zero-order valence-corrected chi connectivity index (χ0v) is 20.4. The molecule has 5 amide bonds. The quantitative estimate of drug-likeness (QED) is 0.309. The minimum atomic E-state index is -0.900. The minimum absolute atomic E-state index is 0.0333. The van der Waals surface area contributed by atoms with E-state index in [1.54, 1.807) is 38.1 Å². The lowest BCUT2D eigenvalue weighted by Gasteiger charge is -2.24. The number of esters is 1. The molecule has 1 aliphatic rings. The van der Waals surface area contributed by atoms with Gasteiger partial charge in [0.25, 0.3) is 0 Å². The Kier molecular flexibility index (Phi) is 9.92. The lowest BCUT2D eigenvalue weighted by Crippen LogP contribution is -2.54. The summed E-state index contributed by atoms with van der Waals surface area (Å²) in [6.45, 7) is 6.43. The third-order valence-corrected chi connectivity index (χ3v) is 5.40. The molecule has 2 unspecified atom stereocenters. The molecule has 1 aliphatic heterocycles. The molecule has 0 spiro atoms. The Morgan fingerprint density at radius 2 is 1.54 bits per heavy atom. The minimum Gasteiger partial charge on any atom is -0.461 e. The van der Waals surface area contributed by atoms with Crippen LogP contribution in [-0.4, -0.2) is 59.0 Å². The maximum atomic E-state index is 12.8. The van der Waals surface area contributed by atoms with E-state index >= 15 is 0 Å². The van der Waals surface area contributed by atoms with E-state index in [9.17, 15) is 28.8 Å². The first-order chi connectivity index (χ1) is 16.5. The average molecular weight is 489 g/mol. The smallest absolute Gasteiger partial charge is 0.302 e. The van der Waals surface area contributed by atoms with Gasteiger partial charge in [0.05, 0.1) is 0 Å². The van der Waals surface area contributed by atoms with Crippen LogP contribution in [0.4, 0.5) is 5.69 Å². The summed E-state index contributed by atoms with van der Waals surface area (Å²) in [4.78, 5) is 72.9. The molecule has 0 aliphatic carbocycles. The van der Waals surface area contributed by atoms with Gasteiger partial charge in [-0.2, -0.15) is 0 Å². The van der Waals surface area contributed by atoms with Crippen LogP contribution in [0.2, 0.25) is 0 Å². The Balaban J connectivity index is 1.86. The lowest BCUT2D eigenvalue weighted by atomic mass is 10.0. The number of ether oxygens (including phenoxy) is 1. The molecule has 2 atom stereocenters. The predicted molar refractivity (Wildman–Crippen MR) is 125 cm³/mol. The first-order valence-corrected chi connectivity index (χ1v) is 11.4. The summed E-state index contributed by atoms with van der Waals surface area (Å²) in [7, 11) is 0. The van der Waals surface area contributed by atoms with Crippen molar-refractivity contribution in [1.82, 2.24) is 15.5 Å². The highest BCUT2D eigenvalue weighted by Gasteiger charge is 2.30. The third-order valence-electron chi connectivity index (χ3n) is 5.40. The molecular weight excluding hydrogens is 456 g/mol. The number of rotatable bonds is 11. The predicted octanol–water partition coefficient (Wildman–Crippen LogP) is 0.873. The van der Waals surface area contributed by atoms with Crippen LogP contribution in [0.3, 0.4) is 0 Å². The van der Waals surface area contributed by atoms with Crippen LogP contribution in [0.15, 0.2) is 24.3 Å². The van der Waals surface area contributed by atoms with Gasteiger partial charge >= 0.3 is 5.97 Å². The third kappa shape index (κ3) is 8.51. The molecule has 3 N–H and O–H groups in total. The van der Waals surface area contributed by atoms with E-state index in [0.717, 1.165) is 10.5 Å². The number of benzene rings is 1. The Morgan fingerprint density at radius 1 is 0.943 bits per heavy atom. The van der Waals surface area contributed by atoms with E-state index in [2.05, 4.69) is 16.0 Å². The second-order valence-corrected chi connectivity index (χ2v) is 8.68. The van der Waals surface area contributed by atoms with Gasteiger partial charge in [0, 0.05) is 38.4 Å². The number of nitrogens with one attached hydrogen (secondary N) is 3. The summed E-state index contributed by atoms with van der Waals surface area (Å²) in [6.07, 6.45) is 0.184. The van der Waals surface area contributed by atoms with Gasteiger partial charge in [-0.05, 0) is 30.5 Å². The van der Waals surface area contributed by atoms with Gasteiger partial charge in [0.15, 0.2) is 0 Å². The van der Waals surface area contributed by atoms with Gasteiger partial charge in [-0.1, -0.05) is 26.0 Å². The number of anilines is 1. The molecule has 0 aromatic heterocycles. The number of hydrogen-bond acceptors (Lipinski definition) is 7. The molecule has 11 heteroatoms. The van der Waals surface area contributed by atoms with E-state index in [1.165, 1.54) is 13.8 Å².